The van der Waals surface area contributed by atoms with Crippen LogP contribution >= 0.6 is 0 Å². The molecule has 0 saturated carbocycles. The zero-order valence-corrected chi connectivity index (χ0v) is 15.7. The molecule has 0 aliphatic carbocycles. The molecule has 4 amide bonds. The molecule has 3 aliphatic heterocycles. The van der Waals surface area contributed by atoms with E-state index in [1.165, 1.54) is 0 Å². The minimum absolute atomic E-state index is 0.0260. The van der Waals surface area contributed by atoms with Crippen molar-refractivity contribution in [2.75, 3.05) is 40.3 Å². The van der Waals surface area contributed by atoms with Gasteiger partial charge in [-0.15, -0.1) is 0 Å². The zero-order chi connectivity index (χ0) is 18.4. The summed E-state index contributed by atoms with van der Waals surface area (Å²) in [6, 6.07) is -0.0260. The number of rotatable bonds is 2. The van der Waals surface area contributed by atoms with Gasteiger partial charge < -0.3 is 20.0 Å². The zero-order valence-electron chi connectivity index (χ0n) is 15.7. The van der Waals surface area contributed by atoms with Gasteiger partial charge >= 0.3 is 6.03 Å². The van der Waals surface area contributed by atoms with Crippen LogP contribution in [0.3, 0.4) is 0 Å². The third kappa shape index (κ3) is 3.20. The summed E-state index contributed by atoms with van der Waals surface area (Å²) in [7, 11) is 3.48. The van der Waals surface area contributed by atoms with Crippen LogP contribution in [0.15, 0.2) is 0 Å². The number of hydrogen-bond acceptors (Lipinski definition) is 3. The van der Waals surface area contributed by atoms with Crippen molar-refractivity contribution in [3.8, 4) is 0 Å². The average molecular weight is 350 g/mol. The summed E-state index contributed by atoms with van der Waals surface area (Å²) in [6.45, 7) is 6.62. The first kappa shape index (κ1) is 18.0. The average Bonchev–Trinajstić information content (AvgIpc) is 3.08. The fourth-order valence-electron chi connectivity index (χ4n) is 4.63. The largest absolute Gasteiger partial charge is 0.350 e. The van der Waals surface area contributed by atoms with Crippen LogP contribution in [0.4, 0.5) is 4.79 Å². The van der Waals surface area contributed by atoms with Crippen molar-refractivity contribution in [3.63, 3.8) is 0 Å². The topological polar surface area (TPSA) is 73.0 Å². The molecule has 7 nitrogen and oxygen atoms in total. The van der Waals surface area contributed by atoms with E-state index in [9.17, 15) is 14.4 Å². The molecule has 0 aromatic rings. The Hall–Kier alpha value is -1.79. The summed E-state index contributed by atoms with van der Waals surface area (Å²) < 4.78 is 0. The summed E-state index contributed by atoms with van der Waals surface area (Å²) in [5.74, 6) is 0.690. The molecule has 1 N–H and O–H groups in total. The highest BCUT2D eigenvalue weighted by molar-refractivity contribution is 5.85. The van der Waals surface area contributed by atoms with Gasteiger partial charge in [-0.05, 0) is 18.8 Å². The third-order valence-electron chi connectivity index (χ3n) is 5.98. The number of amides is 4. The molecule has 140 valence electrons. The molecule has 0 aromatic carbocycles. The molecule has 3 aliphatic rings. The Kier molecular flexibility index (Phi) is 4.68. The lowest BCUT2D eigenvalue weighted by molar-refractivity contribution is -0.133. The first-order chi connectivity index (χ1) is 11.7. The third-order valence-corrected chi connectivity index (χ3v) is 5.98. The maximum atomic E-state index is 12.5. The monoisotopic (exact) mass is 350 g/mol. The van der Waals surface area contributed by atoms with Gasteiger partial charge in [0.05, 0.1) is 5.92 Å². The fourth-order valence-corrected chi connectivity index (χ4v) is 4.63. The minimum Gasteiger partial charge on any atom is -0.350 e. The molecule has 0 bridgehead atoms. The van der Waals surface area contributed by atoms with E-state index in [2.05, 4.69) is 19.2 Å². The highest BCUT2D eigenvalue weighted by Crippen LogP contribution is 2.44. The predicted molar refractivity (Wildman–Crippen MR) is 93.8 cm³/mol. The number of nitrogens with zero attached hydrogens (tertiary/aromatic N) is 3. The molecule has 7 heteroatoms. The van der Waals surface area contributed by atoms with Gasteiger partial charge in [0.2, 0.25) is 11.8 Å². The Morgan fingerprint density at radius 3 is 2.40 bits per heavy atom. The molecular formula is C18H30N4O3. The summed E-state index contributed by atoms with van der Waals surface area (Å²) in [5.41, 5.74) is -0.252. The van der Waals surface area contributed by atoms with Gasteiger partial charge in [0.25, 0.3) is 0 Å². The molecule has 3 rings (SSSR count). The van der Waals surface area contributed by atoms with Gasteiger partial charge in [-0.25, -0.2) is 4.79 Å². The molecule has 3 saturated heterocycles. The summed E-state index contributed by atoms with van der Waals surface area (Å²) in [5, 5.41) is 3.23. The van der Waals surface area contributed by atoms with Crippen LogP contribution in [-0.2, 0) is 9.59 Å². The van der Waals surface area contributed by atoms with E-state index in [1.807, 2.05) is 4.90 Å². The van der Waals surface area contributed by atoms with Crippen LogP contribution in [0.5, 0.6) is 0 Å². The van der Waals surface area contributed by atoms with E-state index < -0.39 is 0 Å². The highest BCUT2D eigenvalue weighted by atomic mass is 16.2. The second-order valence-electron chi connectivity index (χ2n) is 8.42. The Labute approximate surface area is 149 Å². The number of urea groups is 1. The minimum atomic E-state index is -0.252. The van der Waals surface area contributed by atoms with Crippen molar-refractivity contribution in [2.24, 2.45) is 17.8 Å². The maximum absolute atomic E-state index is 12.5. The van der Waals surface area contributed by atoms with Crippen LogP contribution in [0.25, 0.3) is 0 Å². The Morgan fingerprint density at radius 1 is 1.20 bits per heavy atom. The van der Waals surface area contributed by atoms with Crippen LogP contribution in [0.1, 0.15) is 33.1 Å². The molecule has 3 heterocycles. The van der Waals surface area contributed by atoms with Crippen molar-refractivity contribution < 1.29 is 14.4 Å². The first-order valence-electron chi connectivity index (χ1n) is 9.29. The van der Waals surface area contributed by atoms with Crippen LogP contribution in [0.2, 0.25) is 0 Å². The van der Waals surface area contributed by atoms with Gasteiger partial charge in [0.15, 0.2) is 0 Å². The molecule has 3 fully saturated rings. The molecule has 25 heavy (non-hydrogen) atoms. The van der Waals surface area contributed by atoms with E-state index in [-0.39, 0.29) is 35.2 Å². The Bertz CT molecular complexity index is 567. The molecule has 0 unspecified atom stereocenters. The quantitative estimate of drug-likeness (QED) is 0.799. The Morgan fingerprint density at radius 2 is 1.84 bits per heavy atom. The van der Waals surface area contributed by atoms with E-state index in [4.69, 9.17) is 0 Å². The summed E-state index contributed by atoms with van der Waals surface area (Å²) >= 11 is 0. The summed E-state index contributed by atoms with van der Waals surface area (Å²) in [4.78, 5) is 42.3. The van der Waals surface area contributed by atoms with Gasteiger partial charge in [0, 0.05) is 58.2 Å². The van der Waals surface area contributed by atoms with Gasteiger partial charge in [-0.2, -0.15) is 0 Å². The highest BCUT2D eigenvalue weighted by Gasteiger charge is 2.58. The molecule has 0 radical (unpaired) electrons. The van der Waals surface area contributed by atoms with Gasteiger partial charge in [0.1, 0.15) is 0 Å². The number of carbonyl (C=O) groups is 3. The van der Waals surface area contributed by atoms with Gasteiger partial charge in [-0.3, -0.25) is 9.59 Å². The van der Waals surface area contributed by atoms with E-state index >= 15 is 0 Å². The lowest BCUT2D eigenvalue weighted by Crippen LogP contribution is -2.56. The molecule has 0 aromatic heterocycles. The standard InChI is InChI=1S/C18H30N4O3/c1-12(2)9-15(23)21-7-5-18(6-8-21)14-11-22(17(25)20(3)4)10-13(14)16(24)19-18/h12-14H,5-11H2,1-4H3,(H,19,24)/t13-,14+/m1/s1. The number of piperidine rings is 1. The number of likely N-dealkylation sites (tertiary alicyclic amines) is 2. The number of nitrogens with one attached hydrogen (secondary N) is 1. The summed E-state index contributed by atoms with van der Waals surface area (Å²) in [6.07, 6.45) is 2.15. The molecule has 2 atom stereocenters. The van der Waals surface area contributed by atoms with Crippen molar-refractivity contribution in [1.82, 2.24) is 20.0 Å². The Balaban J connectivity index is 1.67. The van der Waals surface area contributed by atoms with Crippen molar-refractivity contribution in [3.05, 3.63) is 0 Å². The lowest BCUT2D eigenvalue weighted by Gasteiger charge is -2.43. The van der Waals surface area contributed by atoms with Crippen molar-refractivity contribution in [1.29, 1.82) is 0 Å². The van der Waals surface area contributed by atoms with Crippen LogP contribution < -0.4 is 5.32 Å². The normalized spacial score (nSPS) is 27.6. The molecule has 1 spiro atoms. The number of hydrogen-bond donors (Lipinski definition) is 1. The van der Waals surface area contributed by atoms with Crippen LogP contribution in [-0.4, -0.2) is 78.4 Å². The number of carbonyl (C=O) groups excluding carboxylic acids is 3. The SMILES string of the molecule is CC(C)CC(=O)N1CCC2(CC1)NC(=O)[C@@H]1CN(C(=O)N(C)C)C[C@@H]12. The van der Waals surface area contributed by atoms with Crippen molar-refractivity contribution in [2.45, 2.75) is 38.6 Å². The maximum Gasteiger partial charge on any atom is 0.319 e. The van der Waals surface area contributed by atoms with E-state index in [0.29, 0.717) is 38.5 Å². The fraction of sp³-hybridized carbons (Fsp3) is 0.833. The van der Waals surface area contributed by atoms with Gasteiger partial charge in [-0.1, -0.05) is 13.8 Å². The molecular weight excluding hydrogens is 320 g/mol. The van der Waals surface area contributed by atoms with Crippen molar-refractivity contribution >= 4 is 17.8 Å². The predicted octanol–water partition coefficient (Wildman–Crippen LogP) is 0.753. The van der Waals surface area contributed by atoms with E-state index in [1.54, 1.807) is 23.9 Å². The lowest BCUT2D eigenvalue weighted by atomic mass is 9.75. The first-order valence-corrected chi connectivity index (χ1v) is 9.29. The second-order valence-corrected chi connectivity index (χ2v) is 8.42. The number of fused-ring (bicyclic) bond motifs is 2. The van der Waals surface area contributed by atoms with E-state index in [0.717, 1.165) is 12.8 Å². The van der Waals surface area contributed by atoms with Crippen LogP contribution in [0, 0.1) is 17.8 Å². The second kappa shape index (κ2) is 6.50. The smallest absolute Gasteiger partial charge is 0.319 e.